The van der Waals surface area contributed by atoms with E-state index >= 15 is 0 Å². The van der Waals surface area contributed by atoms with Crippen LogP contribution in [0.15, 0.2) is 97.1 Å². The Morgan fingerprint density at radius 2 is 0.905 bits per heavy atom. The second-order valence-electron chi connectivity index (χ2n) is 12.9. The minimum atomic E-state index is -0.805. The Morgan fingerprint density at radius 3 is 1.26 bits per heavy atom. The number of ether oxygens (including phenoxy) is 4. The van der Waals surface area contributed by atoms with Crippen LogP contribution in [-0.2, 0) is 13.2 Å². The lowest BCUT2D eigenvalue weighted by molar-refractivity contribution is 0.171. The van der Waals surface area contributed by atoms with E-state index in [1.165, 1.54) is 10.6 Å². The van der Waals surface area contributed by atoms with Crippen LogP contribution in [0.4, 0.5) is 0 Å². The summed E-state index contributed by atoms with van der Waals surface area (Å²) in [6.45, 7) is 15.0. The Bertz CT molecular complexity index is 1410. The molecule has 4 aromatic rings. The van der Waals surface area contributed by atoms with E-state index in [0.717, 1.165) is 34.1 Å². The molecule has 0 aliphatic carbocycles. The van der Waals surface area contributed by atoms with Crippen molar-refractivity contribution in [3.8, 4) is 23.0 Å². The van der Waals surface area contributed by atoms with Crippen molar-refractivity contribution in [3.05, 3.63) is 108 Å². The van der Waals surface area contributed by atoms with Crippen LogP contribution < -0.4 is 29.6 Å². The molecule has 0 radical (unpaired) electrons. The average Bonchev–Trinajstić information content (AvgIpc) is 3.56. The van der Waals surface area contributed by atoms with Crippen molar-refractivity contribution in [3.63, 3.8) is 0 Å². The molecule has 4 nitrogen and oxygen atoms in total. The highest BCUT2D eigenvalue weighted by Gasteiger charge is 2.55. The minimum absolute atomic E-state index is 0.0267. The van der Waals surface area contributed by atoms with Gasteiger partial charge in [0.2, 0.25) is 0 Å². The molecule has 6 rings (SSSR count). The Morgan fingerprint density at radius 1 is 0.524 bits per heavy atom. The highest BCUT2D eigenvalue weighted by molar-refractivity contribution is 7.72. The van der Waals surface area contributed by atoms with Crippen molar-refractivity contribution in [1.82, 2.24) is 0 Å². The first-order chi connectivity index (χ1) is 20.1. The van der Waals surface area contributed by atoms with Crippen LogP contribution in [0.3, 0.4) is 0 Å². The largest absolute Gasteiger partial charge is 0.488 e. The highest BCUT2D eigenvalue weighted by atomic mass is 31.1. The molecular formula is C36H40O4P2. The predicted octanol–water partition coefficient (Wildman–Crippen LogP) is 8.79. The molecular weight excluding hydrogens is 558 g/mol. The lowest BCUT2D eigenvalue weighted by Crippen LogP contribution is -2.38. The highest BCUT2D eigenvalue weighted by Crippen LogP contribution is 2.69. The molecule has 42 heavy (non-hydrogen) atoms. The third-order valence-electron chi connectivity index (χ3n) is 7.57. The van der Waals surface area contributed by atoms with Gasteiger partial charge in [0.25, 0.3) is 0 Å². The van der Waals surface area contributed by atoms with E-state index in [-0.39, 0.29) is 22.0 Å². The summed E-state index contributed by atoms with van der Waals surface area (Å²) in [6, 6.07) is 33.2. The number of rotatable bonds is 7. The molecule has 2 heterocycles. The smallest absolute Gasteiger partial charge is 0.162 e. The monoisotopic (exact) mass is 598 g/mol. The summed E-state index contributed by atoms with van der Waals surface area (Å²) in [5.41, 5.74) is 2.30. The first-order valence-electron chi connectivity index (χ1n) is 14.6. The number of benzene rings is 4. The van der Waals surface area contributed by atoms with Crippen LogP contribution in [0.2, 0.25) is 0 Å². The van der Waals surface area contributed by atoms with E-state index in [2.05, 4.69) is 114 Å². The fraction of sp³-hybridized carbons (Fsp3) is 0.333. The van der Waals surface area contributed by atoms with Crippen molar-refractivity contribution in [2.24, 2.45) is 0 Å². The summed E-state index contributed by atoms with van der Waals surface area (Å²) in [5, 5.41) is 2.37. The normalized spacial score (nSPS) is 21.2. The van der Waals surface area contributed by atoms with E-state index < -0.39 is 15.8 Å². The van der Waals surface area contributed by atoms with Crippen molar-refractivity contribution < 1.29 is 18.9 Å². The molecule has 0 fully saturated rings. The Kier molecular flexibility index (Phi) is 7.99. The maximum absolute atomic E-state index is 6.95. The molecule has 0 bridgehead atoms. The van der Waals surface area contributed by atoms with Crippen LogP contribution in [0.25, 0.3) is 0 Å². The quantitative estimate of drug-likeness (QED) is 0.199. The van der Waals surface area contributed by atoms with Crippen LogP contribution >= 0.6 is 15.8 Å². The van der Waals surface area contributed by atoms with Crippen LogP contribution in [-0.4, -0.2) is 22.0 Å². The van der Waals surface area contributed by atoms with Gasteiger partial charge in [-0.05, 0) is 61.5 Å². The van der Waals surface area contributed by atoms with Gasteiger partial charge in [-0.15, -0.1) is 0 Å². The van der Waals surface area contributed by atoms with Gasteiger partial charge >= 0.3 is 0 Å². The molecule has 218 valence electrons. The van der Waals surface area contributed by atoms with Gasteiger partial charge in [-0.25, -0.2) is 0 Å². The maximum Gasteiger partial charge on any atom is 0.162 e. The van der Waals surface area contributed by atoms with E-state index in [1.54, 1.807) is 0 Å². The zero-order chi connectivity index (χ0) is 29.5. The molecule has 4 atom stereocenters. The molecule has 0 spiro atoms. The van der Waals surface area contributed by atoms with Gasteiger partial charge in [0.1, 0.15) is 36.2 Å². The number of hydrogen-bond donors (Lipinski definition) is 0. The summed E-state index contributed by atoms with van der Waals surface area (Å²) in [7, 11) is -1.61. The maximum atomic E-state index is 6.95. The molecule has 2 unspecified atom stereocenters. The molecule has 0 saturated heterocycles. The van der Waals surface area contributed by atoms with Crippen molar-refractivity contribution in [2.45, 2.75) is 76.8 Å². The Hall–Kier alpha value is -3.06. The van der Waals surface area contributed by atoms with Gasteiger partial charge in [0.05, 0.1) is 10.6 Å². The zero-order valence-corrected chi connectivity index (χ0v) is 27.1. The van der Waals surface area contributed by atoms with Gasteiger partial charge in [-0.1, -0.05) is 114 Å². The second-order valence-corrected chi connectivity index (χ2v) is 18.9. The third-order valence-corrected chi connectivity index (χ3v) is 14.3. The first kappa shape index (κ1) is 29.0. The van der Waals surface area contributed by atoms with Crippen LogP contribution in [0.5, 0.6) is 23.0 Å². The van der Waals surface area contributed by atoms with E-state index in [9.17, 15) is 0 Å². The molecule has 0 N–H and O–H groups in total. The fourth-order valence-corrected chi connectivity index (χ4v) is 12.5. The number of hydrogen-bond acceptors (Lipinski definition) is 4. The Balaban J connectivity index is 1.35. The van der Waals surface area contributed by atoms with E-state index in [1.807, 2.05) is 24.3 Å². The third kappa shape index (κ3) is 5.77. The zero-order valence-electron chi connectivity index (χ0n) is 25.3. The minimum Gasteiger partial charge on any atom is -0.488 e. The summed E-state index contributed by atoms with van der Waals surface area (Å²) in [4.78, 5) is 0. The second kappa shape index (κ2) is 11.6. The summed E-state index contributed by atoms with van der Waals surface area (Å²) < 4.78 is 26.9. The molecule has 6 heteroatoms. The van der Waals surface area contributed by atoms with Crippen LogP contribution in [0, 0.1) is 0 Å². The van der Waals surface area contributed by atoms with Crippen molar-refractivity contribution in [1.29, 1.82) is 0 Å². The Labute approximate surface area is 252 Å². The van der Waals surface area contributed by atoms with Gasteiger partial charge < -0.3 is 18.9 Å². The van der Waals surface area contributed by atoms with Crippen molar-refractivity contribution in [2.75, 3.05) is 0 Å². The molecule has 0 aromatic heterocycles. The molecule has 0 amide bonds. The lowest BCUT2D eigenvalue weighted by atomic mass is 10.2. The molecule has 0 saturated carbocycles. The van der Waals surface area contributed by atoms with Crippen LogP contribution in [0.1, 0.15) is 52.7 Å². The predicted molar refractivity (Wildman–Crippen MR) is 176 cm³/mol. The van der Waals surface area contributed by atoms with E-state index in [0.29, 0.717) is 13.2 Å². The van der Waals surface area contributed by atoms with Gasteiger partial charge in [0, 0.05) is 0 Å². The van der Waals surface area contributed by atoms with Gasteiger partial charge in [-0.2, -0.15) is 0 Å². The van der Waals surface area contributed by atoms with Gasteiger partial charge in [0.15, 0.2) is 11.7 Å². The summed E-state index contributed by atoms with van der Waals surface area (Å²) in [5.74, 6) is 3.49. The number of fused-ring (bicyclic) bond motifs is 2. The van der Waals surface area contributed by atoms with Gasteiger partial charge in [-0.3, -0.25) is 0 Å². The fourth-order valence-electron chi connectivity index (χ4n) is 5.80. The van der Waals surface area contributed by atoms with E-state index in [4.69, 9.17) is 18.9 Å². The summed E-state index contributed by atoms with van der Waals surface area (Å²) >= 11 is 0. The molecule has 2 aliphatic heterocycles. The topological polar surface area (TPSA) is 36.9 Å². The molecule has 2 aliphatic rings. The average molecular weight is 599 g/mol. The van der Waals surface area contributed by atoms with Crippen molar-refractivity contribution >= 4 is 26.5 Å². The standard InChI is InChI=1S/C36H40O4P2/c1-35(2,3)41-31-27(37-23-25-15-9-7-10-16-25)19-13-21-29(31)39-33(41)34-40-30-22-14-20-28(32(30)42(34)36(4,5)6)38-24-26-17-11-8-12-18-26/h7-22,33-34H,23-24H2,1-6H3/t33-,34-,41?,42?/m0/s1. The molecule has 4 aromatic carbocycles. The SMILES string of the molecule is CC(C)(C)P1c2c(OCc3ccccc3)cccc2O[C@@H]1[C@H]1Oc2cccc(OCc3ccccc3)c2P1C(C)(C)C. The first-order valence-corrected chi connectivity index (χ1v) is 17.4. The summed E-state index contributed by atoms with van der Waals surface area (Å²) in [6.07, 6.45) is 0. The lowest BCUT2D eigenvalue weighted by Gasteiger charge is -2.39.